The van der Waals surface area contributed by atoms with Gasteiger partial charge >= 0.3 is 0 Å². The van der Waals surface area contributed by atoms with Crippen molar-refractivity contribution in [1.29, 1.82) is 0 Å². The number of aromatic amines is 1. The fraction of sp³-hybridized carbons (Fsp3) is 0.355. The van der Waals surface area contributed by atoms with Crippen molar-refractivity contribution < 1.29 is 18.3 Å². The standard InChI is InChI=1S/C31H21B13F2N6O2/c1-51-28(37,38)30(41,42)52(31(43,44)29(51,39)40)16-3-4-17(22(10-16)47-15-11-26(33,34)54-27(35,36)12-15)25(53)48-24-18-7-13(2-5-21(18)49-50-24)6-14-8-19(45)23(32)20(46)9-14/h2-5,7-10,15,47H,6,11-12H2,1H3,(H2,48,49,50,53). The molecule has 240 valence electrons. The minimum absolute atomic E-state index is 0.0175. The summed E-state index contributed by atoms with van der Waals surface area (Å²) in [7, 11) is 82.9. The Labute approximate surface area is 330 Å². The molecule has 0 spiro atoms. The summed E-state index contributed by atoms with van der Waals surface area (Å²) in [5.41, 5.74) is 1.23. The molecule has 26 radical (unpaired) electrons. The van der Waals surface area contributed by atoms with E-state index < -0.39 is 61.2 Å². The lowest BCUT2D eigenvalue weighted by Gasteiger charge is -2.75. The van der Waals surface area contributed by atoms with Crippen molar-refractivity contribution in [1.82, 2.24) is 15.1 Å². The number of aromatic nitrogens is 2. The highest BCUT2D eigenvalue weighted by molar-refractivity contribution is 6.62. The van der Waals surface area contributed by atoms with Gasteiger partial charge < -0.3 is 25.2 Å². The van der Waals surface area contributed by atoms with E-state index in [1.165, 1.54) is 25.2 Å². The van der Waals surface area contributed by atoms with E-state index in [0.29, 0.717) is 22.0 Å². The Bertz CT molecular complexity index is 2070. The maximum absolute atomic E-state index is 14.1. The van der Waals surface area contributed by atoms with E-state index in [1.54, 1.807) is 18.2 Å². The molecular formula is C31H21B13F2N6O2. The molecule has 6 rings (SSSR count). The molecule has 1 amide bonds. The number of hydrogen-bond donors (Lipinski definition) is 3. The third-order valence-electron chi connectivity index (χ3n) is 9.92. The van der Waals surface area contributed by atoms with Crippen LogP contribution in [0.15, 0.2) is 48.5 Å². The van der Waals surface area contributed by atoms with Gasteiger partial charge in [-0.15, -0.1) is 0 Å². The van der Waals surface area contributed by atoms with Gasteiger partial charge in [-0.3, -0.25) is 9.89 Å². The number of carbonyl (C=O) groups is 1. The number of nitrogens with zero attached hydrogens (tertiary/aromatic N) is 3. The second-order valence-electron chi connectivity index (χ2n) is 14.2. The summed E-state index contributed by atoms with van der Waals surface area (Å²) in [5, 5.41) is 1.37. The molecule has 0 bridgehead atoms. The first-order valence-corrected chi connectivity index (χ1v) is 16.4. The van der Waals surface area contributed by atoms with Gasteiger partial charge in [0.1, 0.15) is 19.5 Å². The third kappa shape index (κ3) is 7.05. The van der Waals surface area contributed by atoms with Crippen LogP contribution < -0.4 is 21.0 Å². The van der Waals surface area contributed by atoms with Crippen molar-refractivity contribution in [3.63, 3.8) is 0 Å². The van der Waals surface area contributed by atoms with Crippen LogP contribution in [0.3, 0.4) is 0 Å². The number of benzene rings is 3. The predicted molar refractivity (Wildman–Crippen MR) is 218 cm³/mol. The lowest BCUT2D eigenvalue weighted by molar-refractivity contribution is -0.0184. The van der Waals surface area contributed by atoms with Crippen molar-refractivity contribution in [3.8, 4) is 0 Å². The lowest BCUT2D eigenvalue weighted by Crippen LogP contribution is -2.91. The third-order valence-corrected chi connectivity index (χ3v) is 9.92. The van der Waals surface area contributed by atoms with Crippen molar-refractivity contribution in [3.05, 3.63) is 76.9 Å². The van der Waals surface area contributed by atoms with Gasteiger partial charge in [-0.2, -0.15) is 5.10 Å². The van der Waals surface area contributed by atoms with Crippen molar-refractivity contribution in [2.75, 3.05) is 22.6 Å². The maximum Gasteiger partial charge on any atom is 0.258 e. The van der Waals surface area contributed by atoms with Crippen LogP contribution in [-0.2, 0) is 11.2 Å². The van der Waals surface area contributed by atoms with Gasteiger partial charge in [-0.25, -0.2) is 8.78 Å². The maximum atomic E-state index is 14.1. The number of fused-ring (bicyclic) bond motifs is 1. The van der Waals surface area contributed by atoms with Crippen LogP contribution in [-0.4, -0.2) is 168 Å². The number of amides is 1. The fourth-order valence-electron chi connectivity index (χ4n) is 6.94. The molecule has 0 unspecified atom stereocenters. The van der Waals surface area contributed by atoms with Gasteiger partial charge in [0.15, 0.2) is 5.82 Å². The summed E-state index contributed by atoms with van der Waals surface area (Å²) >= 11 is 0. The Morgan fingerprint density at radius 1 is 0.833 bits per heavy atom. The first-order valence-electron chi connectivity index (χ1n) is 16.4. The summed E-state index contributed by atoms with van der Waals surface area (Å²) in [6, 6.07) is 11.0. The Hall–Kier alpha value is -3.18. The molecule has 3 aromatic carbocycles. The summed E-state index contributed by atoms with van der Waals surface area (Å²) in [6.45, 7) is 0. The van der Waals surface area contributed by atoms with Crippen LogP contribution in [0.25, 0.3) is 10.9 Å². The highest BCUT2D eigenvalue weighted by Crippen LogP contribution is 2.45. The highest BCUT2D eigenvalue weighted by Gasteiger charge is 2.58. The van der Waals surface area contributed by atoms with Crippen LogP contribution >= 0.6 is 0 Å². The summed E-state index contributed by atoms with van der Waals surface area (Å²) < 4.78 is 33.7. The molecule has 1 aromatic heterocycles. The molecule has 3 heterocycles. The Balaban J connectivity index is 1.39. The van der Waals surface area contributed by atoms with Crippen LogP contribution in [0.2, 0.25) is 0 Å². The lowest BCUT2D eigenvalue weighted by atomic mass is 9.26. The Morgan fingerprint density at radius 3 is 1.98 bits per heavy atom. The van der Waals surface area contributed by atoms with Gasteiger partial charge in [0.05, 0.1) is 105 Å². The molecule has 0 aliphatic carbocycles. The number of hydrogen-bond acceptors (Lipinski definition) is 6. The zero-order valence-electron chi connectivity index (χ0n) is 29.2. The second-order valence-corrected chi connectivity index (χ2v) is 14.2. The highest BCUT2D eigenvalue weighted by atomic mass is 19.1. The number of piperazine rings is 1. The number of likely N-dealkylation sites (N-methyl/N-ethyl adjacent to an activating group) is 1. The molecule has 23 heteroatoms. The average Bonchev–Trinajstić information content (AvgIpc) is 3.42. The molecule has 4 aromatic rings. The minimum atomic E-state index is -2.24. The van der Waals surface area contributed by atoms with Crippen LogP contribution in [0.1, 0.15) is 34.3 Å². The average molecular weight is 688 g/mol. The number of H-pyrrole nitrogens is 1. The molecule has 54 heavy (non-hydrogen) atoms. The zero-order valence-corrected chi connectivity index (χ0v) is 29.2. The second kappa shape index (κ2) is 13.5. The van der Waals surface area contributed by atoms with E-state index in [-0.39, 0.29) is 42.0 Å². The van der Waals surface area contributed by atoms with E-state index in [0.717, 1.165) is 21.9 Å². The first kappa shape index (κ1) is 40.5. The molecule has 0 saturated carbocycles. The van der Waals surface area contributed by atoms with Crippen molar-refractivity contribution in [2.45, 2.75) is 57.5 Å². The monoisotopic (exact) mass is 690 g/mol. The van der Waals surface area contributed by atoms with Crippen LogP contribution in [0, 0.1) is 11.6 Å². The SMILES string of the molecule is [B]c1c(F)cc(Cc2ccc3[nH]nc(NC(=O)c4ccc(N5C([B])([B])C([B])([B])N(C)C([B])([B])C5([B])[B])cc4NC4CC([B])([B])OC([B])([B])C4)c3c2)cc1F. The zero-order chi connectivity index (χ0) is 40.0. The largest absolute Gasteiger partial charge is 0.407 e. The molecule has 8 nitrogen and oxygen atoms in total. The van der Waals surface area contributed by atoms with Gasteiger partial charge in [-0.1, -0.05) is 6.07 Å². The first-order chi connectivity index (χ1) is 24.8. The van der Waals surface area contributed by atoms with Crippen LogP contribution in [0.5, 0.6) is 0 Å². The fourth-order valence-corrected chi connectivity index (χ4v) is 6.94. The number of anilines is 3. The molecule has 3 N–H and O–H groups in total. The summed E-state index contributed by atoms with van der Waals surface area (Å²) in [6.07, 6.45) is 0.114. The van der Waals surface area contributed by atoms with Crippen molar-refractivity contribution in [2.24, 2.45) is 0 Å². The molecule has 2 aliphatic rings. The molecule has 2 saturated heterocycles. The topological polar surface area (TPSA) is 85.5 Å². The Kier molecular flexibility index (Phi) is 10.1. The van der Waals surface area contributed by atoms with Crippen LogP contribution in [0.4, 0.5) is 26.0 Å². The molecule has 0 atom stereocenters. The van der Waals surface area contributed by atoms with E-state index in [2.05, 4.69) is 20.8 Å². The number of halogens is 2. The van der Waals surface area contributed by atoms with Crippen molar-refractivity contribution >= 4 is 141 Å². The van der Waals surface area contributed by atoms with Gasteiger partial charge in [0, 0.05) is 22.8 Å². The summed E-state index contributed by atoms with van der Waals surface area (Å²) in [4.78, 5) is 16.2. The van der Waals surface area contributed by atoms with Gasteiger partial charge in [0.25, 0.3) is 5.91 Å². The quantitative estimate of drug-likeness (QED) is 0.191. The van der Waals surface area contributed by atoms with E-state index in [1.807, 2.05) is 0 Å². The van der Waals surface area contributed by atoms with E-state index >= 15 is 0 Å². The molecular weight excluding hydrogens is 667 g/mol. The van der Waals surface area contributed by atoms with E-state index in [4.69, 9.17) is 107 Å². The normalized spacial score (nSPS) is 21.4. The smallest absolute Gasteiger partial charge is 0.258 e. The predicted octanol–water partition coefficient (Wildman–Crippen LogP) is -2.23. The molecule has 2 fully saturated rings. The number of ether oxygens (including phenoxy) is 1. The summed E-state index contributed by atoms with van der Waals surface area (Å²) in [5.74, 6) is -2.27. The Morgan fingerprint density at radius 2 is 1.41 bits per heavy atom. The number of rotatable bonds is 7. The van der Waals surface area contributed by atoms with Gasteiger partial charge in [0.2, 0.25) is 0 Å². The minimum Gasteiger partial charge on any atom is -0.407 e. The number of carbonyl (C=O) groups excluding carboxylic acids is 1. The number of nitrogens with one attached hydrogen (secondary N) is 3. The van der Waals surface area contributed by atoms with Gasteiger partial charge in [-0.05, 0) is 118 Å². The molecule has 2 aliphatic heterocycles. The van der Waals surface area contributed by atoms with E-state index in [9.17, 15) is 13.6 Å².